The van der Waals surface area contributed by atoms with Gasteiger partial charge in [-0.1, -0.05) is 18.7 Å². The summed E-state index contributed by atoms with van der Waals surface area (Å²) < 4.78 is 0. The van der Waals surface area contributed by atoms with Crippen LogP contribution in [0.2, 0.25) is 0 Å². The van der Waals surface area contributed by atoms with Gasteiger partial charge in [0.25, 0.3) is 0 Å². The van der Waals surface area contributed by atoms with Crippen LogP contribution in [-0.2, 0) is 6.42 Å². The van der Waals surface area contributed by atoms with E-state index in [0.29, 0.717) is 12.1 Å². The molecule has 0 aliphatic heterocycles. The Labute approximate surface area is 103 Å². The number of rotatable bonds is 2. The van der Waals surface area contributed by atoms with Crippen molar-refractivity contribution in [1.29, 1.82) is 0 Å². The first-order chi connectivity index (χ1) is 7.99. The van der Waals surface area contributed by atoms with Gasteiger partial charge in [0.05, 0.1) is 5.69 Å². The lowest BCUT2D eigenvalue weighted by Crippen LogP contribution is -2.15. The number of aromatic nitrogens is 2. The molecule has 1 aromatic rings. The number of amidine groups is 1. The molecule has 0 aliphatic carbocycles. The van der Waals surface area contributed by atoms with Gasteiger partial charge in [-0.15, -0.1) is 0 Å². The predicted octanol–water partition coefficient (Wildman–Crippen LogP) is 0.0213. The van der Waals surface area contributed by atoms with E-state index in [1.807, 2.05) is 6.92 Å². The highest BCUT2D eigenvalue weighted by Gasteiger charge is 2.15. The molecule has 0 atom stereocenters. The Kier molecular flexibility index (Phi) is 4.27. The van der Waals surface area contributed by atoms with E-state index in [1.54, 1.807) is 6.26 Å². The first kappa shape index (κ1) is 13.2. The highest BCUT2D eigenvalue weighted by Crippen LogP contribution is 2.14. The molecule has 1 rings (SSSR count). The molecule has 0 aromatic carbocycles. The molecule has 7 nitrogen and oxygen atoms in total. The van der Waals surface area contributed by atoms with Crippen LogP contribution in [0.1, 0.15) is 23.1 Å². The molecule has 0 radical (unpaired) electrons. The number of carbonyl (C=O) groups excluding carboxylic acids is 1. The fourth-order valence-electron chi connectivity index (χ4n) is 1.11. The zero-order valence-electron chi connectivity index (χ0n) is 9.60. The number of aliphatic imine (C=N–C) groups is 1. The van der Waals surface area contributed by atoms with Gasteiger partial charge < -0.3 is 17.2 Å². The van der Waals surface area contributed by atoms with Gasteiger partial charge in [0, 0.05) is 0 Å². The monoisotopic (exact) mass is 254 g/mol. The highest BCUT2D eigenvalue weighted by molar-refractivity contribution is 8.13. The van der Waals surface area contributed by atoms with Crippen LogP contribution in [0.5, 0.6) is 0 Å². The van der Waals surface area contributed by atoms with E-state index in [-0.39, 0.29) is 22.5 Å². The maximum absolute atomic E-state index is 11.7. The summed E-state index contributed by atoms with van der Waals surface area (Å²) >= 11 is 1.16. The van der Waals surface area contributed by atoms with Crippen molar-refractivity contribution in [2.24, 2.45) is 10.7 Å². The molecule has 17 heavy (non-hydrogen) atoms. The van der Waals surface area contributed by atoms with Crippen molar-refractivity contribution >= 4 is 34.5 Å². The second-order valence-corrected chi connectivity index (χ2v) is 3.93. The van der Waals surface area contributed by atoms with Gasteiger partial charge in [0.1, 0.15) is 5.82 Å². The van der Waals surface area contributed by atoms with E-state index in [0.717, 1.165) is 11.8 Å². The van der Waals surface area contributed by atoms with Crippen molar-refractivity contribution in [2.75, 3.05) is 17.7 Å². The number of nitrogens with two attached hydrogens (primary N) is 3. The third kappa shape index (κ3) is 3.06. The molecule has 8 heteroatoms. The van der Waals surface area contributed by atoms with Gasteiger partial charge in [0.2, 0.25) is 0 Å². The maximum Gasteiger partial charge on any atom is 0.301 e. The van der Waals surface area contributed by atoms with Crippen LogP contribution in [0.15, 0.2) is 4.99 Å². The van der Waals surface area contributed by atoms with Gasteiger partial charge in [-0.25, -0.2) is 9.97 Å². The lowest BCUT2D eigenvalue weighted by Gasteiger charge is -2.05. The highest BCUT2D eigenvalue weighted by atomic mass is 32.2. The number of amides is 1. The average molecular weight is 254 g/mol. The molecule has 1 amide bonds. The molecule has 92 valence electrons. The summed E-state index contributed by atoms with van der Waals surface area (Å²) in [7, 11) is 0. The van der Waals surface area contributed by atoms with Gasteiger partial charge in [-0.3, -0.25) is 4.79 Å². The van der Waals surface area contributed by atoms with Gasteiger partial charge >= 0.3 is 5.91 Å². The summed E-state index contributed by atoms with van der Waals surface area (Å²) in [6, 6.07) is 0. The number of thioether (sulfide) groups is 1. The SMILES string of the molecule is CCc1nc(C(=O)N=C(N)SC)c(N)nc1N. The van der Waals surface area contributed by atoms with Crippen LogP contribution in [-0.4, -0.2) is 27.3 Å². The van der Waals surface area contributed by atoms with E-state index in [9.17, 15) is 4.79 Å². The smallest absolute Gasteiger partial charge is 0.301 e. The average Bonchev–Trinajstić information content (AvgIpc) is 2.28. The molecular weight excluding hydrogens is 240 g/mol. The van der Waals surface area contributed by atoms with Gasteiger partial charge in [0.15, 0.2) is 16.7 Å². The minimum absolute atomic E-state index is 0.0203. The summed E-state index contributed by atoms with van der Waals surface area (Å²) in [5.41, 5.74) is 17.1. The van der Waals surface area contributed by atoms with E-state index in [2.05, 4.69) is 15.0 Å². The zero-order chi connectivity index (χ0) is 13.0. The lowest BCUT2D eigenvalue weighted by atomic mass is 10.3. The molecule has 0 saturated carbocycles. The Morgan fingerprint density at radius 2 is 2.00 bits per heavy atom. The molecule has 0 fully saturated rings. The molecule has 0 bridgehead atoms. The number of nitrogen functional groups attached to an aromatic ring is 2. The van der Waals surface area contributed by atoms with E-state index < -0.39 is 5.91 Å². The Morgan fingerprint density at radius 1 is 1.35 bits per heavy atom. The largest absolute Gasteiger partial charge is 0.382 e. The van der Waals surface area contributed by atoms with Crippen LogP contribution in [0.25, 0.3) is 0 Å². The Bertz CT molecular complexity index is 473. The number of anilines is 2. The fraction of sp³-hybridized carbons (Fsp3) is 0.333. The number of carbonyl (C=O) groups is 1. The number of hydrogen-bond acceptors (Lipinski definition) is 6. The Balaban J connectivity index is 3.18. The van der Waals surface area contributed by atoms with Crippen molar-refractivity contribution in [2.45, 2.75) is 13.3 Å². The summed E-state index contributed by atoms with van der Waals surface area (Å²) in [4.78, 5) is 23.2. The molecule has 1 aromatic heterocycles. The van der Waals surface area contributed by atoms with Crippen molar-refractivity contribution in [1.82, 2.24) is 9.97 Å². The van der Waals surface area contributed by atoms with E-state index in [1.165, 1.54) is 0 Å². The second kappa shape index (κ2) is 5.48. The first-order valence-corrected chi connectivity index (χ1v) is 6.06. The first-order valence-electron chi connectivity index (χ1n) is 4.83. The molecule has 0 aliphatic rings. The summed E-state index contributed by atoms with van der Waals surface area (Å²) in [5.74, 6) is -0.428. The maximum atomic E-state index is 11.7. The third-order valence-electron chi connectivity index (χ3n) is 1.98. The topological polar surface area (TPSA) is 133 Å². The number of nitrogens with zero attached hydrogens (tertiary/aromatic N) is 3. The van der Waals surface area contributed by atoms with Crippen molar-refractivity contribution in [3.63, 3.8) is 0 Å². The van der Waals surface area contributed by atoms with E-state index in [4.69, 9.17) is 17.2 Å². The summed E-state index contributed by atoms with van der Waals surface area (Å²) in [5, 5.41) is 0.145. The van der Waals surface area contributed by atoms with Crippen LogP contribution in [0.4, 0.5) is 11.6 Å². The molecule has 6 N–H and O–H groups in total. The van der Waals surface area contributed by atoms with Crippen molar-refractivity contribution in [3.8, 4) is 0 Å². The Morgan fingerprint density at radius 3 is 2.53 bits per heavy atom. The molecule has 0 saturated heterocycles. The van der Waals surface area contributed by atoms with E-state index >= 15 is 0 Å². The third-order valence-corrected chi connectivity index (χ3v) is 2.49. The zero-order valence-corrected chi connectivity index (χ0v) is 10.4. The second-order valence-electron chi connectivity index (χ2n) is 3.10. The predicted molar refractivity (Wildman–Crippen MR) is 69.7 cm³/mol. The molecular formula is C9H14N6OS. The summed E-state index contributed by atoms with van der Waals surface area (Å²) in [6.07, 6.45) is 2.27. The quantitative estimate of drug-likeness (QED) is 0.500. The number of hydrogen-bond donors (Lipinski definition) is 3. The Hall–Kier alpha value is -1.83. The minimum atomic E-state index is -0.614. The van der Waals surface area contributed by atoms with Crippen molar-refractivity contribution in [3.05, 3.63) is 11.4 Å². The van der Waals surface area contributed by atoms with Gasteiger partial charge in [-0.2, -0.15) is 4.99 Å². The standard InChI is InChI=1S/C9H14N6OS/c1-3-4-6(10)14-7(11)5(13-4)8(16)15-9(12)17-2/h3H2,1-2H3,(H4,10,11,14)(H2,12,15,16). The number of aryl methyl sites for hydroxylation is 1. The molecule has 1 heterocycles. The summed E-state index contributed by atoms with van der Waals surface area (Å²) in [6.45, 7) is 1.85. The fourth-order valence-corrected chi connectivity index (χ4v) is 1.29. The minimum Gasteiger partial charge on any atom is -0.382 e. The van der Waals surface area contributed by atoms with Crippen molar-refractivity contribution < 1.29 is 4.79 Å². The van der Waals surface area contributed by atoms with Crippen LogP contribution in [0, 0.1) is 0 Å². The van der Waals surface area contributed by atoms with Gasteiger partial charge in [-0.05, 0) is 12.7 Å². The molecule has 0 spiro atoms. The molecule has 0 unspecified atom stereocenters. The normalized spacial score (nSPS) is 11.5. The van der Waals surface area contributed by atoms with Crippen LogP contribution in [0.3, 0.4) is 0 Å². The van der Waals surface area contributed by atoms with Crippen LogP contribution < -0.4 is 17.2 Å². The van der Waals surface area contributed by atoms with Crippen LogP contribution >= 0.6 is 11.8 Å². The lowest BCUT2D eigenvalue weighted by molar-refractivity contribution is 0.0999.